The van der Waals surface area contributed by atoms with E-state index < -0.39 is 5.91 Å². The van der Waals surface area contributed by atoms with Crippen molar-refractivity contribution in [1.29, 1.82) is 0 Å². The second-order valence-corrected chi connectivity index (χ2v) is 8.03. The first-order chi connectivity index (χ1) is 14.9. The number of hydrazone groups is 1. The van der Waals surface area contributed by atoms with Crippen LogP contribution in [-0.2, 0) is 0 Å². The number of nitrogens with zero attached hydrogens (tertiary/aromatic N) is 1. The lowest BCUT2D eigenvalue weighted by atomic mass is 10.2. The first kappa shape index (κ1) is 23.0. The molecular formula is C22H22BrClN2O5. The number of furan rings is 1. The van der Waals surface area contributed by atoms with Crippen LogP contribution >= 0.6 is 27.5 Å². The summed E-state index contributed by atoms with van der Waals surface area (Å²) >= 11 is 9.76. The Morgan fingerprint density at radius 2 is 1.97 bits per heavy atom. The Bertz CT molecular complexity index is 1130. The predicted octanol–water partition coefficient (Wildman–Crippen LogP) is 5.81. The summed E-state index contributed by atoms with van der Waals surface area (Å²) in [6, 6.07) is 8.62. The molecule has 0 saturated heterocycles. The van der Waals surface area contributed by atoms with Gasteiger partial charge in [0.15, 0.2) is 28.6 Å². The molecule has 0 saturated carbocycles. The second kappa shape index (κ2) is 10.1. The summed E-state index contributed by atoms with van der Waals surface area (Å²) in [5, 5.41) is 5.11. The van der Waals surface area contributed by atoms with Crippen LogP contribution in [0, 0.1) is 0 Å². The lowest BCUT2D eigenvalue weighted by molar-refractivity contribution is 0.0929. The molecule has 2 aromatic carbocycles. The molecule has 0 aliphatic heterocycles. The van der Waals surface area contributed by atoms with Crippen molar-refractivity contribution in [1.82, 2.24) is 5.43 Å². The predicted molar refractivity (Wildman–Crippen MR) is 124 cm³/mol. The third-order valence-electron chi connectivity index (χ3n) is 4.52. The van der Waals surface area contributed by atoms with Crippen LogP contribution in [-0.4, -0.2) is 32.4 Å². The minimum absolute atomic E-state index is 0.00624. The smallest absolute Gasteiger partial charge is 0.307 e. The molecule has 1 N–H and O–H groups in total. The maximum atomic E-state index is 12.4. The van der Waals surface area contributed by atoms with Gasteiger partial charge in [-0.25, -0.2) is 5.43 Å². The van der Waals surface area contributed by atoms with Gasteiger partial charge in [0.05, 0.1) is 31.6 Å². The highest BCUT2D eigenvalue weighted by Gasteiger charge is 2.16. The molecule has 31 heavy (non-hydrogen) atoms. The summed E-state index contributed by atoms with van der Waals surface area (Å²) in [7, 11) is 3.07. The molecule has 0 aliphatic carbocycles. The number of methoxy groups -OCH3 is 2. The van der Waals surface area contributed by atoms with Gasteiger partial charge in [0, 0.05) is 9.86 Å². The van der Waals surface area contributed by atoms with Crippen LogP contribution in [0.1, 0.15) is 36.4 Å². The molecule has 3 aromatic rings. The average molecular weight is 510 g/mol. The van der Waals surface area contributed by atoms with E-state index in [-0.39, 0.29) is 11.9 Å². The monoisotopic (exact) mass is 508 g/mol. The number of carbonyl (C=O) groups is 1. The van der Waals surface area contributed by atoms with E-state index in [0.717, 1.165) is 16.3 Å². The van der Waals surface area contributed by atoms with Gasteiger partial charge in [-0.1, -0.05) is 34.5 Å². The minimum Gasteiger partial charge on any atom is -0.493 e. The summed E-state index contributed by atoms with van der Waals surface area (Å²) < 4.78 is 23.0. The van der Waals surface area contributed by atoms with Gasteiger partial charge in [0.1, 0.15) is 0 Å². The van der Waals surface area contributed by atoms with Crippen LogP contribution in [0.15, 0.2) is 44.3 Å². The SMILES string of the molecule is CC[C@@H](C)Oc1c(Cl)cc(/C=N\NC(=O)c2cc3cc(Br)cc(OC)c3o2)cc1OC. The van der Waals surface area contributed by atoms with Crippen LogP contribution < -0.4 is 19.6 Å². The van der Waals surface area contributed by atoms with Gasteiger partial charge in [-0.2, -0.15) is 5.10 Å². The fraction of sp³-hybridized carbons (Fsp3) is 0.273. The number of ether oxygens (including phenoxy) is 3. The Hall–Kier alpha value is -2.71. The molecule has 7 nitrogen and oxygen atoms in total. The van der Waals surface area contributed by atoms with Crippen molar-refractivity contribution in [3.05, 3.63) is 51.2 Å². The number of rotatable bonds is 8. The van der Waals surface area contributed by atoms with E-state index in [1.807, 2.05) is 19.9 Å². The zero-order valence-corrected chi connectivity index (χ0v) is 19.8. The Kier molecular flexibility index (Phi) is 7.46. The van der Waals surface area contributed by atoms with Crippen LogP contribution in [0.4, 0.5) is 0 Å². The van der Waals surface area contributed by atoms with Crippen LogP contribution in [0.5, 0.6) is 17.2 Å². The molecule has 0 bridgehead atoms. The Labute approximate surface area is 193 Å². The Balaban J connectivity index is 1.76. The molecular weight excluding hydrogens is 488 g/mol. The maximum absolute atomic E-state index is 12.4. The number of hydrogen-bond donors (Lipinski definition) is 1. The lowest BCUT2D eigenvalue weighted by Crippen LogP contribution is -2.16. The van der Waals surface area contributed by atoms with Crippen molar-refractivity contribution in [2.75, 3.05) is 14.2 Å². The first-order valence-corrected chi connectivity index (χ1v) is 10.7. The molecule has 0 aliphatic rings. The fourth-order valence-corrected chi connectivity index (χ4v) is 3.50. The van der Waals surface area contributed by atoms with Crippen molar-refractivity contribution in [2.45, 2.75) is 26.4 Å². The maximum Gasteiger partial charge on any atom is 0.307 e. The van der Waals surface area contributed by atoms with Crippen LogP contribution in [0.3, 0.4) is 0 Å². The standard InChI is InChI=1S/C22H22BrClN2O5/c1-5-12(2)30-21-16(24)6-13(7-17(21)28-3)11-25-26-22(27)19-9-14-8-15(23)10-18(29-4)20(14)31-19/h6-12H,5H2,1-4H3,(H,26,27)/b25-11-/t12-/m1/s1. The molecule has 1 atom stereocenters. The number of carbonyl (C=O) groups excluding carboxylic acids is 1. The second-order valence-electron chi connectivity index (χ2n) is 6.71. The van der Waals surface area contributed by atoms with Crippen LogP contribution in [0.2, 0.25) is 5.02 Å². The summed E-state index contributed by atoms with van der Waals surface area (Å²) in [4.78, 5) is 12.4. The molecule has 9 heteroatoms. The van der Waals surface area contributed by atoms with Gasteiger partial charge in [0.2, 0.25) is 0 Å². The number of nitrogens with one attached hydrogen (secondary N) is 1. The fourth-order valence-electron chi connectivity index (χ4n) is 2.78. The minimum atomic E-state index is -0.500. The van der Waals surface area contributed by atoms with Gasteiger partial charge in [-0.3, -0.25) is 4.79 Å². The topological polar surface area (TPSA) is 82.3 Å². The molecule has 0 fully saturated rings. The van der Waals surface area contributed by atoms with Crippen molar-refractivity contribution in [3.8, 4) is 17.2 Å². The number of hydrogen-bond acceptors (Lipinski definition) is 6. The third kappa shape index (κ3) is 5.32. The number of fused-ring (bicyclic) bond motifs is 1. The van der Waals surface area contributed by atoms with E-state index in [1.165, 1.54) is 20.4 Å². The van der Waals surface area contributed by atoms with E-state index in [9.17, 15) is 4.79 Å². The summed E-state index contributed by atoms with van der Waals surface area (Å²) in [5.74, 6) is 1.09. The number of amides is 1. The third-order valence-corrected chi connectivity index (χ3v) is 5.25. The van der Waals surface area contributed by atoms with Gasteiger partial charge < -0.3 is 18.6 Å². The molecule has 164 valence electrons. The van der Waals surface area contributed by atoms with E-state index in [4.69, 9.17) is 30.2 Å². The zero-order valence-electron chi connectivity index (χ0n) is 17.5. The number of benzene rings is 2. The molecule has 1 amide bonds. The van der Waals surface area contributed by atoms with E-state index >= 15 is 0 Å². The zero-order chi connectivity index (χ0) is 22.5. The molecule has 1 aromatic heterocycles. The normalized spacial score (nSPS) is 12.2. The first-order valence-electron chi connectivity index (χ1n) is 9.50. The van der Waals surface area contributed by atoms with Gasteiger partial charge in [-0.05, 0) is 49.2 Å². The Morgan fingerprint density at radius 3 is 2.65 bits per heavy atom. The van der Waals surface area contributed by atoms with Crippen LogP contribution in [0.25, 0.3) is 11.0 Å². The van der Waals surface area contributed by atoms with Gasteiger partial charge in [-0.15, -0.1) is 0 Å². The molecule has 3 rings (SSSR count). The lowest BCUT2D eigenvalue weighted by Gasteiger charge is -2.17. The average Bonchev–Trinajstić information content (AvgIpc) is 3.18. The van der Waals surface area contributed by atoms with E-state index in [0.29, 0.717) is 33.4 Å². The van der Waals surface area contributed by atoms with Crippen molar-refractivity contribution >= 4 is 50.6 Å². The largest absolute Gasteiger partial charge is 0.493 e. The van der Waals surface area contributed by atoms with Crippen molar-refractivity contribution < 1.29 is 23.4 Å². The molecule has 1 heterocycles. The quantitative estimate of drug-likeness (QED) is 0.306. The highest BCUT2D eigenvalue weighted by Crippen LogP contribution is 2.37. The number of halogens is 2. The molecule has 0 radical (unpaired) electrons. The summed E-state index contributed by atoms with van der Waals surface area (Å²) in [6.45, 7) is 3.97. The highest BCUT2D eigenvalue weighted by atomic mass is 79.9. The van der Waals surface area contributed by atoms with E-state index in [2.05, 4.69) is 26.5 Å². The molecule has 0 spiro atoms. The van der Waals surface area contributed by atoms with Gasteiger partial charge >= 0.3 is 5.91 Å². The molecule has 0 unspecified atom stereocenters. The van der Waals surface area contributed by atoms with Gasteiger partial charge in [0.25, 0.3) is 0 Å². The van der Waals surface area contributed by atoms with Crippen molar-refractivity contribution in [2.24, 2.45) is 5.10 Å². The summed E-state index contributed by atoms with van der Waals surface area (Å²) in [6.07, 6.45) is 2.28. The van der Waals surface area contributed by atoms with Crippen molar-refractivity contribution in [3.63, 3.8) is 0 Å². The highest BCUT2D eigenvalue weighted by molar-refractivity contribution is 9.10. The Morgan fingerprint density at radius 1 is 1.23 bits per heavy atom. The summed E-state index contributed by atoms with van der Waals surface area (Å²) in [5.41, 5.74) is 3.56. The van der Waals surface area contributed by atoms with E-state index in [1.54, 1.807) is 24.3 Å².